The van der Waals surface area contributed by atoms with Gasteiger partial charge in [0.15, 0.2) is 0 Å². The van der Waals surface area contributed by atoms with Crippen molar-refractivity contribution in [3.05, 3.63) is 36.5 Å². The molecule has 0 N–H and O–H groups in total. The van der Waals surface area contributed by atoms with Crippen molar-refractivity contribution in [2.45, 2.75) is 45.4 Å². The lowest BCUT2D eigenvalue weighted by Gasteiger charge is -1.90. The van der Waals surface area contributed by atoms with E-state index in [2.05, 4.69) is 37.1 Å². The molecule has 0 radical (unpaired) electrons. The molecule has 0 aliphatic rings. The molecule has 0 heteroatoms. The van der Waals surface area contributed by atoms with Crippen molar-refractivity contribution in [1.82, 2.24) is 0 Å². The number of allylic oxidation sites excluding steroid dienone is 6. The molecule has 0 saturated heterocycles. The molecule has 0 aromatic heterocycles. The van der Waals surface area contributed by atoms with Crippen LogP contribution in [0.15, 0.2) is 36.5 Å². The van der Waals surface area contributed by atoms with Crippen LogP contribution in [0.4, 0.5) is 0 Å². The number of unbranched alkanes of at least 4 members (excludes halogenated alkanes) is 3. The lowest BCUT2D eigenvalue weighted by atomic mass is 10.2. The second-order valence-corrected chi connectivity index (χ2v) is 3.48. The Bertz CT molecular complexity index is 235. The highest BCUT2D eigenvalue weighted by Crippen LogP contribution is 2.00. The van der Waals surface area contributed by atoms with Crippen molar-refractivity contribution in [2.24, 2.45) is 0 Å². The van der Waals surface area contributed by atoms with Crippen molar-refractivity contribution in [1.29, 1.82) is 0 Å². The van der Waals surface area contributed by atoms with Crippen LogP contribution in [0, 0.1) is 12.3 Å². The molecule has 0 heterocycles. The maximum Gasteiger partial charge on any atom is -0.0158 e. The summed E-state index contributed by atoms with van der Waals surface area (Å²) in [6.45, 7) is 2.23. The fraction of sp³-hybridized carbons (Fsp3) is 0.467. The van der Waals surface area contributed by atoms with Crippen molar-refractivity contribution in [3.8, 4) is 12.3 Å². The average Bonchev–Trinajstić information content (AvgIpc) is 2.26. The summed E-state index contributed by atoms with van der Waals surface area (Å²) in [7, 11) is 0. The molecule has 15 heavy (non-hydrogen) atoms. The molecule has 0 nitrogen and oxygen atoms in total. The van der Waals surface area contributed by atoms with E-state index in [0.717, 1.165) is 12.8 Å². The second kappa shape index (κ2) is 12.8. The van der Waals surface area contributed by atoms with Gasteiger partial charge in [-0.1, -0.05) is 56.1 Å². The van der Waals surface area contributed by atoms with Crippen LogP contribution in [0.3, 0.4) is 0 Å². The molecule has 82 valence electrons. The summed E-state index contributed by atoms with van der Waals surface area (Å²) < 4.78 is 0. The molecule has 0 unspecified atom stereocenters. The van der Waals surface area contributed by atoms with E-state index in [1.807, 2.05) is 6.08 Å². The van der Waals surface area contributed by atoms with Gasteiger partial charge in [0.05, 0.1) is 0 Å². The van der Waals surface area contributed by atoms with Crippen LogP contribution in [0.2, 0.25) is 0 Å². The van der Waals surface area contributed by atoms with E-state index in [-0.39, 0.29) is 0 Å². The van der Waals surface area contributed by atoms with Gasteiger partial charge in [-0.3, -0.25) is 0 Å². The fourth-order valence-corrected chi connectivity index (χ4v) is 1.21. The Labute approximate surface area is 94.8 Å². The van der Waals surface area contributed by atoms with Gasteiger partial charge in [0.25, 0.3) is 0 Å². The Morgan fingerprint density at radius 3 is 2.27 bits per heavy atom. The molecule has 0 amide bonds. The van der Waals surface area contributed by atoms with Gasteiger partial charge in [-0.15, -0.1) is 6.42 Å². The molecule has 0 aromatic rings. The third-order valence-corrected chi connectivity index (χ3v) is 2.07. The van der Waals surface area contributed by atoms with Gasteiger partial charge >= 0.3 is 0 Å². The summed E-state index contributed by atoms with van der Waals surface area (Å²) in [6.07, 6.45) is 24.8. The summed E-state index contributed by atoms with van der Waals surface area (Å²) in [4.78, 5) is 0. The number of terminal acetylenes is 1. The average molecular weight is 202 g/mol. The summed E-state index contributed by atoms with van der Waals surface area (Å²) in [5, 5.41) is 0. The normalized spacial score (nSPS) is 11.7. The monoisotopic (exact) mass is 202 g/mol. The van der Waals surface area contributed by atoms with Crippen LogP contribution < -0.4 is 0 Å². The van der Waals surface area contributed by atoms with Gasteiger partial charge in [0, 0.05) is 0 Å². The van der Waals surface area contributed by atoms with E-state index in [0.29, 0.717) is 0 Å². The van der Waals surface area contributed by atoms with Crippen molar-refractivity contribution in [2.75, 3.05) is 0 Å². The lowest BCUT2D eigenvalue weighted by Crippen LogP contribution is -1.70. The first-order valence-electron chi connectivity index (χ1n) is 5.83. The Hall–Kier alpha value is -1.22. The van der Waals surface area contributed by atoms with E-state index in [9.17, 15) is 0 Å². The van der Waals surface area contributed by atoms with Gasteiger partial charge in [-0.05, 0) is 31.8 Å². The molecule has 0 aromatic carbocycles. The highest BCUT2D eigenvalue weighted by Gasteiger charge is 1.80. The Balaban J connectivity index is 3.29. The van der Waals surface area contributed by atoms with Gasteiger partial charge in [-0.2, -0.15) is 0 Å². The van der Waals surface area contributed by atoms with Gasteiger partial charge in [0.1, 0.15) is 0 Å². The number of hydrogen-bond acceptors (Lipinski definition) is 0. The molecule has 0 atom stereocenters. The Morgan fingerprint density at radius 1 is 0.933 bits per heavy atom. The summed E-state index contributed by atoms with van der Waals surface area (Å²) in [5.41, 5.74) is 0. The van der Waals surface area contributed by atoms with Crippen molar-refractivity contribution < 1.29 is 0 Å². The SMILES string of the molecule is C#C/C=C\C/C=C\C/C=C\CCCCC. The maximum atomic E-state index is 5.08. The molecule has 0 fully saturated rings. The molecule has 0 aliphatic carbocycles. The van der Waals surface area contributed by atoms with Crippen LogP contribution in [0.5, 0.6) is 0 Å². The minimum atomic E-state index is 0.938. The zero-order valence-corrected chi connectivity index (χ0v) is 9.78. The second-order valence-electron chi connectivity index (χ2n) is 3.48. The van der Waals surface area contributed by atoms with Gasteiger partial charge in [-0.25, -0.2) is 0 Å². The molecule has 0 saturated carbocycles. The predicted octanol–water partition coefficient (Wildman–Crippen LogP) is 4.65. The molecule has 0 rings (SSSR count). The van der Waals surface area contributed by atoms with Crippen LogP contribution in [-0.2, 0) is 0 Å². The van der Waals surface area contributed by atoms with Gasteiger partial charge in [0.2, 0.25) is 0 Å². The minimum absolute atomic E-state index is 0.938. The highest BCUT2D eigenvalue weighted by atomic mass is 13.9. The summed E-state index contributed by atoms with van der Waals surface area (Å²) in [5.74, 6) is 2.47. The predicted molar refractivity (Wildman–Crippen MR) is 69.6 cm³/mol. The summed E-state index contributed by atoms with van der Waals surface area (Å²) in [6, 6.07) is 0. The topological polar surface area (TPSA) is 0 Å². The van der Waals surface area contributed by atoms with Crippen molar-refractivity contribution in [3.63, 3.8) is 0 Å². The Kier molecular flexibility index (Phi) is 11.7. The fourth-order valence-electron chi connectivity index (χ4n) is 1.21. The van der Waals surface area contributed by atoms with Crippen molar-refractivity contribution >= 4 is 0 Å². The maximum absolute atomic E-state index is 5.08. The van der Waals surface area contributed by atoms with Crippen LogP contribution >= 0.6 is 0 Å². The molecule has 0 bridgehead atoms. The first kappa shape index (κ1) is 13.8. The van der Waals surface area contributed by atoms with E-state index < -0.39 is 0 Å². The first-order valence-corrected chi connectivity index (χ1v) is 5.83. The smallest absolute Gasteiger partial charge is 0.0158 e. The number of hydrogen-bond donors (Lipinski definition) is 0. The third-order valence-electron chi connectivity index (χ3n) is 2.07. The standard InChI is InChI=1S/C15H22/c1-3-5-7-9-11-13-15-14-12-10-8-6-4-2/h1,5,7,11-14H,4,6,8-10,15H2,2H3/b7-5-,13-11-,14-12-. The zero-order valence-electron chi connectivity index (χ0n) is 9.78. The van der Waals surface area contributed by atoms with E-state index >= 15 is 0 Å². The number of rotatable bonds is 8. The highest BCUT2D eigenvalue weighted by molar-refractivity contribution is 5.10. The third kappa shape index (κ3) is 12.8. The quantitative estimate of drug-likeness (QED) is 0.305. The van der Waals surface area contributed by atoms with E-state index in [1.54, 1.807) is 6.08 Å². The Morgan fingerprint density at radius 2 is 1.60 bits per heavy atom. The molecular formula is C15H22. The van der Waals surface area contributed by atoms with Gasteiger partial charge < -0.3 is 0 Å². The van der Waals surface area contributed by atoms with Crippen LogP contribution in [0.25, 0.3) is 0 Å². The molecular weight excluding hydrogens is 180 g/mol. The first-order chi connectivity index (χ1) is 7.41. The molecule has 0 spiro atoms. The van der Waals surface area contributed by atoms with Crippen LogP contribution in [0.1, 0.15) is 45.4 Å². The van der Waals surface area contributed by atoms with E-state index in [4.69, 9.17) is 6.42 Å². The zero-order chi connectivity index (χ0) is 11.2. The van der Waals surface area contributed by atoms with E-state index in [1.165, 1.54) is 25.7 Å². The van der Waals surface area contributed by atoms with Crippen LogP contribution in [-0.4, -0.2) is 0 Å². The molecule has 0 aliphatic heterocycles. The lowest BCUT2D eigenvalue weighted by molar-refractivity contribution is 0.728. The summed E-state index contributed by atoms with van der Waals surface area (Å²) >= 11 is 0. The largest absolute Gasteiger partial charge is 0.115 e. The minimum Gasteiger partial charge on any atom is -0.115 e.